The minimum atomic E-state index is -3.09. The Balaban J connectivity index is 1.000. The van der Waals surface area contributed by atoms with E-state index in [4.69, 9.17) is 0 Å². The zero-order chi connectivity index (χ0) is 63.2. The fourth-order valence-corrected chi connectivity index (χ4v) is 23.3. The summed E-state index contributed by atoms with van der Waals surface area (Å²) in [6.07, 6.45) is 0. The molecular weight excluding hydrogens is 1160 g/mol. The predicted octanol–water partition coefficient (Wildman–Crippen LogP) is 20.1. The SMILES string of the molecule is CCN1c2ccccc2C(c2ccccc2)(c2ccccc2)c2cccc(-c3cccc4c(-c5cccc6c5[Si](c5ccccc5)(c5ccccc5)c5ccccc5-6)c5cccc(-c6cccc7c6N(CC)c6ccccc6C7(c6ccccc6)c6ccccc6)c5cc34)c21. The van der Waals surface area contributed by atoms with Gasteiger partial charge in [0.2, 0.25) is 0 Å². The summed E-state index contributed by atoms with van der Waals surface area (Å²) in [5.41, 5.74) is 23.6. The van der Waals surface area contributed by atoms with Crippen molar-refractivity contribution >= 4 is 73.1 Å². The largest absolute Gasteiger partial charge is 0.341 e. The van der Waals surface area contributed by atoms with Crippen LogP contribution in [0.5, 0.6) is 0 Å². The van der Waals surface area contributed by atoms with Crippen molar-refractivity contribution in [3.05, 3.63) is 396 Å². The molecule has 3 aliphatic heterocycles. The van der Waals surface area contributed by atoms with Crippen molar-refractivity contribution in [2.24, 2.45) is 0 Å². The van der Waals surface area contributed by atoms with Crippen molar-refractivity contribution in [3.8, 4) is 44.5 Å². The molecule has 3 heteroatoms. The maximum atomic E-state index is 2.61. The summed E-state index contributed by atoms with van der Waals surface area (Å²) in [5.74, 6) is 0. The second kappa shape index (κ2) is 22.4. The van der Waals surface area contributed by atoms with Crippen molar-refractivity contribution in [1.29, 1.82) is 0 Å². The van der Waals surface area contributed by atoms with E-state index in [2.05, 4.69) is 375 Å². The second-order valence-electron chi connectivity index (χ2n) is 25.7. The Bertz CT molecular complexity index is 5090. The first-order chi connectivity index (χ1) is 47.1. The summed E-state index contributed by atoms with van der Waals surface area (Å²) < 4.78 is 0. The molecule has 3 aliphatic rings. The third-order valence-corrected chi connectivity index (χ3v) is 26.4. The Morgan fingerprint density at radius 3 is 1.03 bits per heavy atom. The molecule has 0 N–H and O–H groups in total. The van der Waals surface area contributed by atoms with Gasteiger partial charge in [-0.05, 0) is 152 Å². The van der Waals surface area contributed by atoms with Gasteiger partial charge in [0, 0.05) is 35.6 Å². The predicted molar refractivity (Wildman–Crippen MR) is 402 cm³/mol. The molecule has 0 fully saturated rings. The molecule has 0 bridgehead atoms. The molecular formula is C92H68N2Si. The molecule has 0 spiro atoms. The molecule has 0 saturated carbocycles. The molecule has 450 valence electrons. The molecule has 2 nitrogen and oxygen atoms in total. The number of anilines is 4. The van der Waals surface area contributed by atoms with Gasteiger partial charge in [0.1, 0.15) is 0 Å². The Hall–Kier alpha value is -11.4. The summed E-state index contributed by atoms with van der Waals surface area (Å²) in [6.45, 7) is 6.19. The Labute approximate surface area is 558 Å². The lowest BCUT2D eigenvalue weighted by molar-refractivity contribution is 0.720. The van der Waals surface area contributed by atoms with E-state index < -0.39 is 18.9 Å². The lowest BCUT2D eigenvalue weighted by Gasteiger charge is -2.47. The van der Waals surface area contributed by atoms with Gasteiger partial charge in [0.15, 0.2) is 8.07 Å². The number of benzene rings is 15. The van der Waals surface area contributed by atoms with E-state index in [1.165, 1.54) is 154 Å². The lowest BCUT2D eigenvalue weighted by Crippen LogP contribution is -2.73. The number of nitrogens with zero attached hydrogens (tertiary/aromatic N) is 2. The molecule has 0 aliphatic carbocycles. The number of hydrogen-bond acceptors (Lipinski definition) is 2. The molecule has 0 radical (unpaired) electrons. The maximum Gasteiger partial charge on any atom is 0.181 e. The first-order valence-corrected chi connectivity index (χ1v) is 35.7. The van der Waals surface area contributed by atoms with E-state index >= 15 is 0 Å². The smallest absolute Gasteiger partial charge is 0.181 e. The third-order valence-electron chi connectivity index (χ3n) is 21.4. The fraction of sp³-hybridized carbons (Fsp3) is 0.0652. The van der Waals surface area contributed by atoms with Gasteiger partial charge in [-0.25, -0.2) is 0 Å². The Kier molecular flexibility index (Phi) is 13.3. The van der Waals surface area contributed by atoms with Crippen LogP contribution in [-0.4, -0.2) is 21.2 Å². The molecule has 15 aromatic carbocycles. The van der Waals surface area contributed by atoms with Gasteiger partial charge >= 0.3 is 0 Å². The number of para-hydroxylation sites is 4. The number of fused-ring (bicyclic) bond motifs is 9. The van der Waals surface area contributed by atoms with Crippen molar-refractivity contribution in [1.82, 2.24) is 0 Å². The van der Waals surface area contributed by atoms with E-state index in [0.717, 1.165) is 13.1 Å². The van der Waals surface area contributed by atoms with Crippen LogP contribution in [0.25, 0.3) is 66.1 Å². The van der Waals surface area contributed by atoms with Crippen LogP contribution in [0.15, 0.2) is 352 Å². The molecule has 18 rings (SSSR count). The Morgan fingerprint density at radius 2 is 0.589 bits per heavy atom. The highest BCUT2D eigenvalue weighted by Crippen LogP contribution is 2.61. The monoisotopic (exact) mass is 1230 g/mol. The van der Waals surface area contributed by atoms with Crippen LogP contribution in [0.1, 0.15) is 58.4 Å². The normalized spacial score (nSPS) is 14.3. The van der Waals surface area contributed by atoms with Gasteiger partial charge in [-0.3, -0.25) is 0 Å². The molecule has 0 amide bonds. The van der Waals surface area contributed by atoms with Gasteiger partial charge in [0.05, 0.1) is 22.2 Å². The maximum absolute atomic E-state index is 3.09. The highest BCUT2D eigenvalue weighted by molar-refractivity contribution is 7.22. The first kappa shape index (κ1) is 56.4. The van der Waals surface area contributed by atoms with Gasteiger partial charge < -0.3 is 9.80 Å². The van der Waals surface area contributed by atoms with Crippen LogP contribution in [-0.2, 0) is 10.8 Å². The average molecular weight is 1230 g/mol. The van der Waals surface area contributed by atoms with Gasteiger partial charge in [-0.2, -0.15) is 0 Å². The van der Waals surface area contributed by atoms with Crippen molar-refractivity contribution in [2.45, 2.75) is 24.7 Å². The van der Waals surface area contributed by atoms with E-state index in [1.807, 2.05) is 0 Å². The van der Waals surface area contributed by atoms with Crippen LogP contribution < -0.4 is 30.5 Å². The topological polar surface area (TPSA) is 6.48 Å². The average Bonchev–Trinajstić information content (AvgIpc) is 1.62. The quantitative estimate of drug-likeness (QED) is 0.0941. The zero-order valence-corrected chi connectivity index (χ0v) is 54.3. The highest BCUT2D eigenvalue weighted by atomic mass is 28.3. The molecule has 15 aromatic rings. The minimum Gasteiger partial charge on any atom is -0.341 e. The lowest BCUT2D eigenvalue weighted by atomic mass is 9.62. The standard InChI is InChI=1S/C92H68N2Si/c1-3-93-84-59-26-24-55-80(84)91(63-34-11-5-12-35-63,64-36-13-6-14-37-64)82-57-32-51-74(88(82)93)69-47-29-49-72-78(69)62-79-70(75-52-33-58-83-89(75)94(4-2)85-60-27-25-56-81(85)92(83,65-38-15-7-16-39-65)66-40-17-8-18-41-66)48-30-50-73(79)87(72)77-54-31-53-76-71-46-23-28-61-86(71)95(90(76)77,67-42-19-9-20-43-67)68-44-21-10-22-45-68/h5-62H,3-4H2,1-2H3. The van der Waals surface area contributed by atoms with Crippen LogP contribution >= 0.6 is 0 Å². The van der Waals surface area contributed by atoms with Crippen molar-refractivity contribution in [3.63, 3.8) is 0 Å². The van der Waals surface area contributed by atoms with Crippen LogP contribution in [0.2, 0.25) is 0 Å². The van der Waals surface area contributed by atoms with Gasteiger partial charge in [-0.1, -0.05) is 334 Å². The molecule has 0 atom stereocenters. The number of hydrogen-bond donors (Lipinski definition) is 0. The van der Waals surface area contributed by atoms with Crippen LogP contribution in [0.4, 0.5) is 22.7 Å². The number of rotatable bonds is 11. The van der Waals surface area contributed by atoms with E-state index in [1.54, 1.807) is 0 Å². The van der Waals surface area contributed by atoms with Crippen molar-refractivity contribution < 1.29 is 0 Å². The van der Waals surface area contributed by atoms with Crippen molar-refractivity contribution in [2.75, 3.05) is 22.9 Å². The second-order valence-corrected chi connectivity index (χ2v) is 29.4. The molecule has 95 heavy (non-hydrogen) atoms. The summed E-state index contributed by atoms with van der Waals surface area (Å²) in [6, 6.07) is 134. The molecule has 0 unspecified atom stereocenters. The van der Waals surface area contributed by atoms with Gasteiger partial charge in [0.25, 0.3) is 0 Å². The van der Waals surface area contributed by atoms with Gasteiger partial charge in [-0.15, -0.1) is 0 Å². The van der Waals surface area contributed by atoms with E-state index in [9.17, 15) is 0 Å². The summed E-state index contributed by atoms with van der Waals surface area (Å²) in [7, 11) is -3.09. The molecule has 0 saturated heterocycles. The third kappa shape index (κ3) is 7.97. The fourth-order valence-electron chi connectivity index (χ4n) is 17.9. The van der Waals surface area contributed by atoms with Crippen LogP contribution in [0.3, 0.4) is 0 Å². The summed E-state index contributed by atoms with van der Waals surface area (Å²) in [4.78, 5) is 5.22. The molecule has 3 heterocycles. The zero-order valence-electron chi connectivity index (χ0n) is 53.3. The minimum absolute atomic E-state index is 0.640. The highest BCUT2D eigenvalue weighted by Gasteiger charge is 2.52. The summed E-state index contributed by atoms with van der Waals surface area (Å²) in [5, 5.41) is 10.5. The first-order valence-electron chi connectivity index (χ1n) is 33.7. The Morgan fingerprint density at radius 1 is 0.263 bits per heavy atom. The van der Waals surface area contributed by atoms with E-state index in [-0.39, 0.29) is 0 Å². The van der Waals surface area contributed by atoms with Crippen LogP contribution in [0, 0.1) is 0 Å². The molecule has 0 aromatic heterocycles. The summed E-state index contributed by atoms with van der Waals surface area (Å²) >= 11 is 0. The van der Waals surface area contributed by atoms with E-state index in [0.29, 0.717) is 0 Å².